The number of sulfonamides is 1. The number of piperazine rings is 1. The summed E-state index contributed by atoms with van der Waals surface area (Å²) in [5.74, 6) is -0.809. The van der Waals surface area contributed by atoms with Crippen LogP contribution in [0.25, 0.3) is 0 Å². The van der Waals surface area contributed by atoms with Crippen molar-refractivity contribution in [3.8, 4) is 0 Å². The van der Waals surface area contributed by atoms with Crippen molar-refractivity contribution in [1.82, 2.24) is 9.62 Å². The normalized spacial score (nSPS) is 17.2. The van der Waals surface area contributed by atoms with Gasteiger partial charge in [0, 0.05) is 26.2 Å². The van der Waals surface area contributed by atoms with Crippen LogP contribution in [0.15, 0.2) is 23.1 Å². The summed E-state index contributed by atoms with van der Waals surface area (Å²) >= 11 is 5.77. The van der Waals surface area contributed by atoms with Crippen LogP contribution in [0.3, 0.4) is 0 Å². The average molecular weight is 315 g/mol. The van der Waals surface area contributed by atoms with Crippen LogP contribution in [-0.4, -0.2) is 38.9 Å². The van der Waals surface area contributed by atoms with Gasteiger partial charge in [0.05, 0.1) is 5.02 Å². The highest BCUT2D eigenvalue weighted by molar-refractivity contribution is 7.89. The molecule has 0 unspecified atom stereocenters. The minimum absolute atomic E-state index is 0. The van der Waals surface area contributed by atoms with Gasteiger partial charge < -0.3 is 5.32 Å². The van der Waals surface area contributed by atoms with E-state index < -0.39 is 20.7 Å². The smallest absolute Gasteiger partial charge is 0.247 e. The van der Waals surface area contributed by atoms with Crippen LogP contribution < -0.4 is 5.32 Å². The lowest BCUT2D eigenvalue weighted by Crippen LogP contribution is -2.46. The van der Waals surface area contributed by atoms with Gasteiger partial charge >= 0.3 is 0 Å². The van der Waals surface area contributed by atoms with E-state index in [-0.39, 0.29) is 17.4 Å². The maximum absolute atomic E-state index is 13.6. The predicted molar refractivity (Wildman–Crippen MR) is 70.3 cm³/mol. The van der Waals surface area contributed by atoms with Crippen molar-refractivity contribution < 1.29 is 12.8 Å². The lowest BCUT2D eigenvalue weighted by Gasteiger charge is -2.27. The Kier molecular flexibility index (Phi) is 5.36. The molecule has 1 aromatic rings. The fourth-order valence-electron chi connectivity index (χ4n) is 1.74. The van der Waals surface area contributed by atoms with Crippen LogP contribution in [0.5, 0.6) is 0 Å². The molecule has 1 saturated heterocycles. The summed E-state index contributed by atoms with van der Waals surface area (Å²) in [4.78, 5) is -0.427. The lowest BCUT2D eigenvalue weighted by molar-refractivity contribution is 0.358. The molecule has 0 atom stereocenters. The average Bonchev–Trinajstić information content (AvgIpc) is 2.29. The summed E-state index contributed by atoms with van der Waals surface area (Å²) in [6.07, 6.45) is 0. The molecule has 1 fully saturated rings. The Labute approximate surface area is 117 Å². The molecular weight excluding hydrogens is 302 g/mol. The fourth-order valence-corrected chi connectivity index (χ4v) is 3.75. The first kappa shape index (κ1) is 15.7. The monoisotopic (exact) mass is 314 g/mol. The van der Waals surface area contributed by atoms with Crippen molar-refractivity contribution in [2.24, 2.45) is 0 Å². The van der Waals surface area contributed by atoms with Crippen molar-refractivity contribution in [2.75, 3.05) is 26.2 Å². The van der Waals surface area contributed by atoms with E-state index in [4.69, 9.17) is 11.6 Å². The van der Waals surface area contributed by atoms with Crippen molar-refractivity contribution >= 4 is 34.0 Å². The van der Waals surface area contributed by atoms with Crippen molar-refractivity contribution in [3.63, 3.8) is 0 Å². The molecule has 0 aromatic heterocycles. The van der Waals surface area contributed by atoms with Gasteiger partial charge in [-0.15, -0.1) is 12.4 Å². The molecule has 0 radical (unpaired) electrons. The highest BCUT2D eigenvalue weighted by Crippen LogP contribution is 2.27. The van der Waals surface area contributed by atoms with Gasteiger partial charge in [0.1, 0.15) is 10.7 Å². The maximum Gasteiger partial charge on any atom is 0.247 e. The third-order valence-electron chi connectivity index (χ3n) is 2.59. The minimum Gasteiger partial charge on any atom is -0.314 e. The van der Waals surface area contributed by atoms with Gasteiger partial charge in [-0.05, 0) is 12.1 Å². The minimum atomic E-state index is -3.84. The zero-order valence-corrected chi connectivity index (χ0v) is 11.8. The molecule has 102 valence electrons. The van der Waals surface area contributed by atoms with Gasteiger partial charge in [-0.25, -0.2) is 12.8 Å². The maximum atomic E-state index is 13.6. The number of halogens is 3. The van der Waals surface area contributed by atoms with Crippen molar-refractivity contribution in [1.29, 1.82) is 0 Å². The van der Waals surface area contributed by atoms with Crippen LogP contribution in [0.4, 0.5) is 4.39 Å². The molecule has 1 heterocycles. The predicted octanol–water partition coefficient (Wildman–Crippen LogP) is 1.49. The van der Waals surface area contributed by atoms with Crippen LogP contribution in [0.2, 0.25) is 5.02 Å². The Hall–Kier alpha value is -0.400. The highest BCUT2D eigenvalue weighted by atomic mass is 35.5. The van der Waals surface area contributed by atoms with E-state index in [0.717, 1.165) is 6.07 Å². The number of nitrogens with one attached hydrogen (secondary N) is 1. The standard InChI is InChI=1S/C10H12ClFN2O2S.ClH/c11-8-2-1-3-9(12)10(8)17(15,16)14-6-4-13-5-7-14;/h1-3,13H,4-7H2;1H. The molecule has 8 heteroatoms. The van der Waals surface area contributed by atoms with E-state index in [9.17, 15) is 12.8 Å². The molecule has 18 heavy (non-hydrogen) atoms. The third-order valence-corrected chi connectivity index (χ3v) is 5.00. The Morgan fingerprint density at radius 2 is 1.89 bits per heavy atom. The first-order chi connectivity index (χ1) is 8.03. The van der Waals surface area contributed by atoms with Crippen LogP contribution in [-0.2, 0) is 10.0 Å². The topological polar surface area (TPSA) is 49.4 Å². The molecule has 4 nitrogen and oxygen atoms in total. The Morgan fingerprint density at radius 1 is 1.28 bits per heavy atom. The Bertz CT molecular complexity index is 498. The largest absolute Gasteiger partial charge is 0.314 e. The van der Waals surface area contributed by atoms with Crippen LogP contribution in [0.1, 0.15) is 0 Å². The van der Waals surface area contributed by atoms with Gasteiger partial charge in [0.15, 0.2) is 0 Å². The number of benzene rings is 1. The second-order valence-corrected chi connectivity index (χ2v) is 5.99. The van der Waals surface area contributed by atoms with Crippen LogP contribution in [0, 0.1) is 5.82 Å². The Morgan fingerprint density at radius 3 is 2.44 bits per heavy atom. The molecular formula is C10H13Cl2FN2O2S. The third kappa shape index (κ3) is 2.95. The molecule has 0 spiro atoms. The number of rotatable bonds is 2. The molecule has 0 aliphatic carbocycles. The number of hydrogen-bond acceptors (Lipinski definition) is 3. The van der Waals surface area contributed by atoms with E-state index >= 15 is 0 Å². The molecule has 2 rings (SSSR count). The summed E-state index contributed by atoms with van der Waals surface area (Å²) in [5.41, 5.74) is 0. The molecule has 0 bridgehead atoms. The van der Waals surface area contributed by atoms with Crippen LogP contribution >= 0.6 is 24.0 Å². The van der Waals surface area contributed by atoms with Crippen molar-refractivity contribution in [3.05, 3.63) is 29.0 Å². The molecule has 1 N–H and O–H groups in total. The van der Waals surface area contributed by atoms with E-state index in [1.807, 2.05) is 0 Å². The SMILES string of the molecule is Cl.O=S(=O)(c1c(F)cccc1Cl)N1CCNCC1. The second kappa shape index (κ2) is 6.16. The molecule has 0 amide bonds. The number of nitrogens with zero attached hydrogens (tertiary/aromatic N) is 1. The lowest BCUT2D eigenvalue weighted by atomic mass is 10.3. The summed E-state index contributed by atoms with van der Waals surface area (Å²) in [6, 6.07) is 3.86. The van der Waals surface area contributed by atoms with E-state index in [1.165, 1.54) is 16.4 Å². The van der Waals surface area contributed by atoms with Gasteiger partial charge in [-0.1, -0.05) is 17.7 Å². The highest BCUT2D eigenvalue weighted by Gasteiger charge is 2.30. The molecule has 0 saturated carbocycles. The van der Waals surface area contributed by atoms with Gasteiger partial charge in [-0.3, -0.25) is 0 Å². The summed E-state index contributed by atoms with van der Waals surface area (Å²) in [6.45, 7) is 1.77. The van der Waals surface area contributed by atoms with E-state index in [0.29, 0.717) is 26.2 Å². The van der Waals surface area contributed by atoms with Gasteiger partial charge in [0.2, 0.25) is 10.0 Å². The number of hydrogen-bond donors (Lipinski definition) is 1. The fraction of sp³-hybridized carbons (Fsp3) is 0.400. The summed E-state index contributed by atoms with van der Waals surface area (Å²) < 4.78 is 39.2. The summed E-state index contributed by atoms with van der Waals surface area (Å²) in [7, 11) is -3.84. The zero-order chi connectivity index (χ0) is 12.5. The van der Waals surface area contributed by atoms with Gasteiger partial charge in [-0.2, -0.15) is 4.31 Å². The summed E-state index contributed by atoms with van der Waals surface area (Å²) in [5, 5.41) is 2.95. The van der Waals surface area contributed by atoms with Crippen molar-refractivity contribution in [2.45, 2.75) is 4.90 Å². The molecule has 1 aliphatic heterocycles. The quantitative estimate of drug-likeness (QED) is 0.900. The molecule has 1 aliphatic rings. The Balaban J connectivity index is 0.00000162. The first-order valence-corrected chi connectivity index (χ1v) is 7.00. The molecule has 1 aromatic carbocycles. The van der Waals surface area contributed by atoms with E-state index in [1.54, 1.807) is 0 Å². The van der Waals surface area contributed by atoms with E-state index in [2.05, 4.69) is 5.32 Å². The van der Waals surface area contributed by atoms with Gasteiger partial charge in [0.25, 0.3) is 0 Å². The first-order valence-electron chi connectivity index (χ1n) is 5.18. The zero-order valence-electron chi connectivity index (χ0n) is 9.40. The second-order valence-electron chi connectivity index (χ2n) is 3.70.